The molecular weight excluding hydrogens is 356 g/mol. The molecule has 1 aliphatic heterocycles. The van der Waals surface area contributed by atoms with E-state index < -0.39 is 0 Å². The van der Waals surface area contributed by atoms with Gasteiger partial charge in [-0.1, -0.05) is 30.3 Å². The second-order valence-electron chi connectivity index (χ2n) is 7.04. The minimum atomic E-state index is -0.305. The molecule has 3 amide bonds. The first-order chi connectivity index (χ1) is 13.5. The van der Waals surface area contributed by atoms with Crippen LogP contribution in [0.15, 0.2) is 54.6 Å². The molecule has 2 aromatic rings. The summed E-state index contributed by atoms with van der Waals surface area (Å²) in [4.78, 5) is 37.6. The molecule has 3 rings (SSSR count). The van der Waals surface area contributed by atoms with E-state index in [1.54, 1.807) is 36.4 Å². The highest BCUT2D eigenvalue weighted by Gasteiger charge is 2.28. The van der Waals surface area contributed by atoms with Gasteiger partial charge in [-0.15, -0.1) is 0 Å². The summed E-state index contributed by atoms with van der Waals surface area (Å²) in [5.74, 6) is -0.970. The Labute approximate surface area is 163 Å². The molecule has 7 nitrogen and oxygen atoms in total. The molecular formula is C21H25N4O3+. The van der Waals surface area contributed by atoms with Gasteiger partial charge >= 0.3 is 0 Å². The first-order valence-electron chi connectivity index (χ1n) is 9.41. The molecule has 1 saturated heterocycles. The Kier molecular flexibility index (Phi) is 6.39. The van der Waals surface area contributed by atoms with Crippen molar-refractivity contribution in [3.63, 3.8) is 0 Å². The van der Waals surface area contributed by atoms with Crippen molar-refractivity contribution < 1.29 is 19.3 Å². The maximum Gasteiger partial charge on any atom is 0.279 e. The van der Waals surface area contributed by atoms with Gasteiger partial charge in [0.05, 0.1) is 30.3 Å². The second-order valence-corrected chi connectivity index (χ2v) is 7.04. The van der Waals surface area contributed by atoms with Gasteiger partial charge in [-0.2, -0.15) is 0 Å². The highest BCUT2D eigenvalue weighted by Crippen LogP contribution is 2.17. The van der Waals surface area contributed by atoms with E-state index in [1.165, 1.54) is 0 Å². The number of hydrogen-bond acceptors (Lipinski definition) is 3. The fourth-order valence-electron chi connectivity index (χ4n) is 3.49. The van der Waals surface area contributed by atoms with E-state index in [-0.39, 0.29) is 30.2 Å². The molecule has 28 heavy (non-hydrogen) atoms. The topological polar surface area (TPSA) is 106 Å². The second kappa shape index (κ2) is 9.14. The number of nitrogens with two attached hydrogens (primary N) is 1. The van der Waals surface area contributed by atoms with E-state index in [0.29, 0.717) is 23.5 Å². The van der Waals surface area contributed by atoms with Crippen LogP contribution in [0.1, 0.15) is 23.2 Å². The molecule has 2 atom stereocenters. The van der Waals surface area contributed by atoms with E-state index in [9.17, 15) is 14.4 Å². The van der Waals surface area contributed by atoms with Crippen LogP contribution < -0.4 is 21.3 Å². The molecule has 7 heteroatoms. The third-order valence-corrected chi connectivity index (χ3v) is 4.91. The molecule has 0 bridgehead atoms. The van der Waals surface area contributed by atoms with Crippen molar-refractivity contribution in [2.24, 2.45) is 11.7 Å². The number of rotatable bonds is 6. The molecule has 5 N–H and O–H groups in total. The number of likely N-dealkylation sites (tertiary alicyclic amines) is 1. The van der Waals surface area contributed by atoms with Crippen LogP contribution in [0, 0.1) is 5.92 Å². The minimum Gasteiger partial charge on any atom is -0.369 e. The number of quaternary nitrogens is 1. The minimum absolute atomic E-state index is 0.180. The first-order valence-corrected chi connectivity index (χ1v) is 9.41. The Morgan fingerprint density at radius 1 is 1.00 bits per heavy atom. The average molecular weight is 381 g/mol. The van der Waals surface area contributed by atoms with Gasteiger partial charge in [0.1, 0.15) is 0 Å². The van der Waals surface area contributed by atoms with Crippen LogP contribution in [0.5, 0.6) is 0 Å². The number of benzene rings is 2. The number of para-hydroxylation sites is 2. The van der Waals surface area contributed by atoms with Crippen molar-refractivity contribution in [3.05, 3.63) is 60.2 Å². The normalized spacial score (nSPS) is 18.9. The molecule has 0 spiro atoms. The summed E-state index contributed by atoms with van der Waals surface area (Å²) in [7, 11) is 0. The van der Waals surface area contributed by atoms with Crippen molar-refractivity contribution in [3.8, 4) is 0 Å². The Hall–Kier alpha value is -3.19. The quantitative estimate of drug-likeness (QED) is 0.591. The van der Waals surface area contributed by atoms with Crippen molar-refractivity contribution >= 4 is 29.1 Å². The summed E-state index contributed by atoms with van der Waals surface area (Å²) in [5, 5.41) is 5.66. The Morgan fingerprint density at radius 3 is 2.46 bits per heavy atom. The zero-order valence-electron chi connectivity index (χ0n) is 15.6. The van der Waals surface area contributed by atoms with E-state index in [1.807, 2.05) is 18.2 Å². The van der Waals surface area contributed by atoms with Gasteiger partial charge in [0, 0.05) is 5.69 Å². The van der Waals surface area contributed by atoms with Crippen LogP contribution in [0.25, 0.3) is 0 Å². The van der Waals surface area contributed by atoms with Crippen LogP contribution in [0.3, 0.4) is 0 Å². The number of primary amides is 1. The Bertz CT molecular complexity index is 854. The number of hydrogen-bond donors (Lipinski definition) is 4. The maximum absolute atomic E-state index is 12.6. The number of amides is 3. The SMILES string of the molecule is NC(=O)[C@@H]1CCC[NH+](CC(=O)Nc2ccccc2C(=O)Nc2ccccc2)C1. The highest BCUT2D eigenvalue weighted by atomic mass is 16.2. The summed E-state index contributed by atoms with van der Waals surface area (Å²) in [6.07, 6.45) is 1.65. The molecule has 1 heterocycles. The van der Waals surface area contributed by atoms with Gasteiger partial charge in [0.25, 0.3) is 11.8 Å². The van der Waals surface area contributed by atoms with Crippen LogP contribution >= 0.6 is 0 Å². The smallest absolute Gasteiger partial charge is 0.279 e. The van der Waals surface area contributed by atoms with Gasteiger partial charge in [-0.25, -0.2) is 0 Å². The number of anilines is 2. The largest absolute Gasteiger partial charge is 0.369 e. The zero-order valence-corrected chi connectivity index (χ0v) is 15.6. The molecule has 2 aromatic carbocycles. The predicted molar refractivity (Wildman–Crippen MR) is 107 cm³/mol. The molecule has 0 aromatic heterocycles. The summed E-state index contributed by atoms with van der Waals surface area (Å²) < 4.78 is 0. The monoisotopic (exact) mass is 381 g/mol. The number of piperidine rings is 1. The number of nitrogens with one attached hydrogen (secondary N) is 3. The third-order valence-electron chi connectivity index (χ3n) is 4.91. The number of carbonyl (C=O) groups is 3. The fraction of sp³-hybridized carbons (Fsp3) is 0.286. The van der Waals surface area contributed by atoms with Gasteiger partial charge in [0.15, 0.2) is 6.54 Å². The van der Waals surface area contributed by atoms with E-state index >= 15 is 0 Å². The highest BCUT2D eigenvalue weighted by molar-refractivity contribution is 6.10. The van der Waals surface area contributed by atoms with Crippen molar-refractivity contribution in [2.45, 2.75) is 12.8 Å². The molecule has 146 valence electrons. The van der Waals surface area contributed by atoms with E-state index in [0.717, 1.165) is 24.3 Å². The lowest BCUT2D eigenvalue weighted by Crippen LogP contribution is -3.14. The molecule has 0 saturated carbocycles. The molecule has 1 unspecified atom stereocenters. The van der Waals surface area contributed by atoms with Crippen LogP contribution in [0.4, 0.5) is 11.4 Å². The lowest BCUT2D eigenvalue weighted by molar-refractivity contribution is -0.899. The zero-order chi connectivity index (χ0) is 19.9. The lowest BCUT2D eigenvalue weighted by atomic mass is 9.97. The van der Waals surface area contributed by atoms with Crippen molar-refractivity contribution in [2.75, 3.05) is 30.3 Å². The van der Waals surface area contributed by atoms with Gasteiger partial charge < -0.3 is 21.3 Å². The Balaban J connectivity index is 1.63. The van der Waals surface area contributed by atoms with Crippen LogP contribution in [0.2, 0.25) is 0 Å². The summed E-state index contributed by atoms with van der Waals surface area (Å²) in [5.41, 5.74) is 6.94. The third kappa shape index (κ3) is 5.17. The van der Waals surface area contributed by atoms with E-state index in [4.69, 9.17) is 5.73 Å². The van der Waals surface area contributed by atoms with Gasteiger partial charge in [-0.05, 0) is 37.1 Å². The molecule has 1 fully saturated rings. The van der Waals surface area contributed by atoms with E-state index in [2.05, 4.69) is 10.6 Å². The molecule has 0 aliphatic carbocycles. The molecule has 1 aliphatic rings. The maximum atomic E-state index is 12.6. The van der Waals surface area contributed by atoms with Crippen LogP contribution in [-0.2, 0) is 9.59 Å². The summed E-state index contributed by atoms with van der Waals surface area (Å²) >= 11 is 0. The van der Waals surface area contributed by atoms with Crippen molar-refractivity contribution in [1.82, 2.24) is 0 Å². The summed E-state index contributed by atoms with van der Waals surface area (Å²) in [6, 6.07) is 16.0. The Morgan fingerprint density at radius 2 is 1.71 bits per heavy atom. The lowest BCUT2D eigenvalue weighted by Gasteiger charge is -2.27. The fourth-order valence-corrected chi connectivity index (χ4v) is 3.49. The van der Waals surface area contributed by atoms with Crippen molar-refractivity contribution in [1.29, 1.82) is 0 Å². The average Bonchev–Trinajstić information content (AvgIpc) is 2.69. The number of carbonyl (C=O) groups excluding carboxylic acids is 3. The van der Waals surface area contributed by atoms with Gasteiger partial charge in [0.2, 0.25) is 5.91 Å². The summed E-state index contributed by atoms with van der Waals surface area (Å²) in [6.45, 7) is 1.63. The first kappa shape index (κ1) is 19.6. The molecule has 0 radical (unpaired) electrons. The van der Waals surface area contributed by atoms with Crippen LogP contribution in [-0.4, -0.2) is 37.4 Å². The predicted octanol–water partition coefficient (Wildman–Crippen LogP) is 0.658. The van der Waals surface area contributed by atoms with Gasteiger partial charge in [-0.3, -0.25) is 14.4 Å². The standard InChI is InChI=1S/C21H24N4O3/c22-20(27)15-7-6-12-25(13-15)14-19(26)24-18-11-5-4-10-17(18)21(28)23-16-8-2-1-3-9-16/h1-5,8-11,15H,6-7,12-14H2,(H2,22,27)(H,23,28)(H,24,26)/p+1/t15-/m1/s1.